The number of esters is 1. The topological polar surface area (TPSA) is 92.7 Å². The summed E-state index contributed by atoms with van der Waals surface area (Å²) in [5.41, 5.74) is 0. The molecular formula is C40H61NO5. The van der Waals surface area contributed by atoms with Gasteiger partial charge < -0.3 is 15.2 Å². The Labute approximate surface area is 279 Å². The Bertz CT molecular complexity index is 1010. The number of carbonyl (C=O) groups is 3. The Morgan fingerprint density at radius 1 is 0.587 bits per heavy atom. The molecule has 0 saturated carbocycles. The minimum atomic E-state index is -1.05. The van der Waals surface area contributed by atoms with Crippen LogP contribution in [-0.4, -0.2) is 35.6 Å². The molecular weight excluding hydrogens is 574 g/mol. The van der Waals surface area contributed by atoms with Crippen molar-refractivity contribution in [2.75, 3.05) is 6.54 Å². The molecule has 0 aromatic carbocycles. The number of carbonyl (C=O) groups excluding carboxylic acids is 2. The Balaban J connectivity index is 4.46. The van der Waals surface area contributed by atoms with Crippen molar-refractivity contribution in [1.29, 1.82) is 0 Å². The second kappa shape index (κ2) is 34.2. The van der Waals surface area contributed by atoms with Crippen LogP contribution in [-0.2, 0) is 19.1 Å². The van der Waals surface area contributed by atoms with Crippen LogP contribution >= 0.6 is 0 Å². The van der Waals surface area contributed by atoms with Gasteiger partial charge in [-0.25, -0.2) is 0 Å². The van der Waals surface area contributed by atoms with E-state index in [-0.39, 0.29) is 24.5 Å². The molecule has 1 atom stereocenters. The summed E-state index contributed by atoms with van der Waals surface area (Å²) >= 11 is 0. The first-order valence-corrected chi connectivity index (χ1v) is 17.4. The highest BCUT2D eigenvalue weighted by atomic mass is 16.5. The maximum atomic E-state index is 12.6. The highest BCUT2D eigenvalue weighted by Crippen LogP contribution is 2.13. The first-order chi connectivity index (χ1) is 22.5. The van der Waals surface area contributed by atoms with Crippen molar-refractivity contribution < 1.29 is 24.2 Å². The van der Waals surface area contributed by atoms with Crippen molar-refractivity contribution in [3.8, 4) is 0 Å². The highest BCUT2D eigenvalue weighted by Gasteiger charge is 2.11. The third-order valence-corrected chi connectivity index (χ3v) is 6.74. The summed E-state index contributed by atoms with van der Waals surface area (Å²) in [6.07, 6.45) is 48.2. The predicted molar refractivity (Wildman–Crippen MR) is 193 cm³/mol. The molecule has 0 aromatic heterocycles. The second-order valence-corrected chi connectivity index (χ2v) is 11.0. The van der Waals surface area contributed by atoms with Gasteiger partial charge >= 0.3 is 11.9 Å². The molecule has 0 spiro atoms. The quantitative estimate of drug-likeness (QED) is 0.0485. The number of carboxylic acids is 1. The Kier molecular flexibility index (Phi) is 31.5. The number of aliphatic carboxylic acids is 1. The third kappa shape index (κ3) is 33.2. The zero-order valence-electron chi connectivity index (χ0n) is 28.6. The van der Waals surface area contributed by atoms with Gasteiger partial charge in [-0.2, -0.15) is 0 Å². The average molecular weight is 636 g/mol. The predicted octanol–water partition coefficient (Wildman–Crippen LogP) is 10.2. The lowest BCUT2D eigenvalue weighted by molar-refractivity contribution is -0.147. The van der Waals surface area contributed by atoms with E-state index in [0.717, 1.165) is 83.5 Å². The van der Waals surface area contributed by atoms with Crippen LogP contribution < -0.4 is 5.32 Å². The number of hydrogen-bond acceptors (Lipinski definition) is 4. The van der Waals surface area contributed by atoms with E-state index in [2.05, 4.69) is 104 Å². The standard InChI is InChI=1S/C40H61NO5/c1-3-5-7-9-11-13-15-16-17-18-20-22-24-26-31-35-40(45)46-37(33-29-27-30-34-38(42)41-36-39(43)44)32-28-25-23-21-19-14-12-10-8-6-4-2/h5-8,11-14,16-17,20-23,28,32,37H,3-4,9-10,15,18-19,24-27,29-31,33-36H2,1-2H3,(H,41,42)(H,43,44)/b7-5-,8-6-,13-11-,14-12-,17-16-,22-20-,23-21-,32-28-. The fourth-order valence-electron chi connectivity index (χ4n) is 4.24. The van der Waals surface area contributed by atoms with Gasteiger partial charge in [0.1, 0.15) is 12.6 Å². The number of hydrogen-bond donors (Lipinski definition) is 2. The van der Waals surface area contributed by atoms with Gasteiger partial charge in [-0.05, 0) is 96.0 Å². The summed E-state index contributed by atoms with van der Waals surface area (Å²) in [5, 5.41) is 11.1. The molecule has 0 saturated heterocycles. The van der Waals surface area contributed by atoms with Crippen LogP contribution in [0.2, 0.25) is 0 Å². The second-order valence-electron chi connectivity index (χ2n) is 11.0. The zero-order valence-corrected chi connectivity index (χ0v) is 28.6. The number of ether oxygens (including phenoxy) is 1. The minimum absolute atomic E-state index is 0.175. The Morgan fingerprint density at radius 2 is 1.07 bits per heavy atom. The molecule has 0 fully saturated rings. The van der Waals surface area contributed by atoms with E-state index in [0.29, 0.717) is 25.7 Å². The molecule has 2 N–H and O–H groups in total. The van der Waals surface area contributed by atoms with Crippen LogP contribution in [0.15, 0.2) is 97.2 Å². The van der Waals surface area contributed by atoms with E-state index in [9.17, 15) is 14.4 Å². The molecule has 0 aromatic rings. The summed E-state index contributed by atoms with van der Waals surface area (Å²) < 4.78 is 5.81. The Morgan fingerprint density at radius 3 is 1.59 bits per heavy atom. The van der Waals surface area contributed by atoms with Crippen molar-refractivity contribution in [1.82, 2.24) is 5.32 Å². The zero-order chi connectivity index (χ0) is 33.8. The van der Waals surface area contributed by atoms with Crippen LogP contribution in [0.5, 0.6) is 0 Å². The molecule has 0 rings (SSSR count). The molecule has 0 aliphatic carbocycles. The van der Waals surface area contributed by atoms with Gasteiger partial charge in [0, 0.05) is 12.8 Å². The lowest BCUT2D eigenvalue weighted by Gasteiger charge is -2.14. The van der Waals surface area contributed by atoms with Crippen molar-refractivity contribution in [2.24, 2.45) is 0 Å². The number of carboxylic acid groups (broad SMARTS) is 1. The normalized spacial score (nSPS) is 13.3. The number of unbranched alkanes of at least 4 members (excludes halogenated alkanes) is 4. The summed E-state index contributed by atoms with van der Waals surface area (Å²) in [5.74, 6) is -1.48. The van der Waals surface area contributed by atoms with Gasteiger partial charge in [0.05, 0.1) is 0 Å². The van der Waals surface area contributed by atoms with E-state index < -0.39 is 5.97 Å². The first-order valence-electron chi connectivity index (χ1n) is 17.4. The van der Waals surface area contributed by atoms with Gasteiger partial charge in [-0.1, -0.05) is 111 Å². The SMILES string of the molecule is CC/C=C\C/C=C\C/C=C\C/C=C\CCCCC(=O)OC(/C=C\C/C=C\C/C=C\C/C=C\CC)CCCCCC(=O)NCC(=O)O. The van der Waals surface area contributed by atoms with Gasteiger partial charge in [0.25, 0.3) is 0 Å². The fraction of sp³-hybridized carbons (Fsp3) is 0.525. The molecule has 0 bridgehead atoms. The maximum absolute atomic E-state index is 12.6. The number of nitrogens with one attached hydrogen (secondary N) is 1. The molecule has 46 heavy (non-hydrogen) atoms. The monoisotopic (exact) mass is 635 g/mol. The van der Waals surface area contributed by atoms with E-state index in [4.69, 9.17) is 9.84 Å². The molecule has 0 aliphatic heterocycles. The first kappa shape index (κ1) is 42.3. The van der Waals surface area contributed by atoms with Gasteiger partial charge in [-0.3, -0.25) is 14.4 Å². The van der Waals surface area contributed by atoms with Crippen LogP contribution in [0.1, 0.15) is 123 Å². The molecule has 1 amide bonds. The van der Waals surface area contributed by atoms with Crippen LogP contribution in [0.4, 0.5) is 0 Å². The van der Waals surface area contributed by atoms with E-state index in [1.165, 1.54) is 0 Å². The number of allylic oxidation sites excluding steroid dienone is 15. The maximum Gasteiger partial charge on any atom is 0.322 e. The molecule has 1 unspecified atom stereocenters. The van der Waals surface area contributed by atoms with Crippen molar-refractivity contribution >= 4 is 17.8 Å². The van der Waals surface area contributed by atoms with Gasteiger partial charge in [0.2, 0.25) is 5.91 Å². The Hall–Kier alpha value is -3.67. The smallest absolute Gasteiger partial charge is 0.322 e. The van der Waals surface area contributed by atoms with Crippen molar-refractivity contribution in [2.45, 2.75) is 129 Å². The largest absolute Gasteiger partial charge is 0.480 e. The molecule has 0 radical (unpaired) electrons. The molecule has 0 heterocycles. The van der Waals surface area contributed by atoms with Crippen LogP contribution in [0, 0.1) is 0 Å². The van der Waals surface area contributed by atoms with E-state index in [1.807, 2.05) is 12.2 Å². The van der Waals surface area contributed by atoms with Crippen LogP contribution in [0.3, 0.4) is 0 Å². The summed E-state index contributed by atoms with van der Waals surface area (Å²) in [7, 11) is 0. The molecule has 6 nitrogen and oxygen atoms in total. The lowest BCUT2D eigenvalue weighted by atomic mass is 10.1. The molecule has 0 aliphatic rings. The van der Waals surface area contributed by atoms with Crippen molar-refractivity contribution in [3.63, 3.8) is 0 Å². The average Bonchev–Trinajstić information content (AvgIpc) is 3.04. The lowest BCUT2D eigenvalue weighted by Crippen LogP contribution is -2.28. The molecule has 6 heteroatoms. The van der Waals surface area contributed by atoms with Gasteiger partial charge in [0.15, 0.2) is 0 Å². The fourth-order valence-corrected chi connectivity index (χ4v) is 4.24. The summed E-state index contributed by atoms with van der Waals surface area (Å²) in [6, 6.07) is 0. The third-order valence-electron chi connectivity index (χ3n) is 6.74. The summed E-state index contributed by atoms with van der Waals surface area (Å²) in [4.78, 5) is 34.9. The van der Waals surface area contributed by atoms with Crippen molar-refractivity contribution in [3.05, 3.63) is 97.2 Å². The number of rotatable bonds is 29. The van der Waals surface area contributed by atoms with E-state index in [1.54, 1.807) is 0 Å². The minimum Gasteiger partial charge on any atom is -0.480 e. The highest BCUT2D eigenvalue weighted by molar-refractivity contribution is 5.80. The summed E-state index contributed by atoms with van der Waals surface area (Å²) in [6.45, 7) is 3.92. The van der Waals surface area contributed by atoms with Crippen LogP contribution in [0.25, 0.3) is 0 Å². The van der Waals surface area contributed by atoms with Gasteiger partial charge in [-0.15, -0.1) is 0 Å². The van der Waals surface area contributed by atoms with E-state index >= 15 is 0 Å². The molecule has 256 valence electrons. The number of amides is 1.